The zero-order valence-electron chi connectivity index (χ0n) is 9.08. The summed E-state index contributed by atoms with van der Waals surface area (Å²) in [4.78, 5) is 35.9. The molecule has 5 nitrogen and oxygen atoms in total. The van der Waals surface area contributed by atoms with Gasteiger partial charge in [-0.1, -0.05) is 23.2 Å². The highest BCUT2D eigenvalue weighted by molar-refractivity contribution is 7.20. The lowest BCUT2D eigenvalue weighted by molar-refractivity contribution is 0.0970. The normalized spacial score (nSPS) is 10.7. The van der Waals surface area contributed by atoms with E-state index >= 15 is 0 Å². The first-order valence-electron chi connectivity index (χ1n) is 4.86. The van der Waals surface area contributed by atoms with Crippen LogP contribution in [0, 0.1) is 5.82 Å². The minimum absolute atomic E-state index is 0.148. The van der Waals surface area contributed by atoms with Crippen molar-refractivity contribution < 1.29 is 9.18 Å². The predicted octanol–water partition coefficient (Wildman–Crippen LogP) is 1.93. The molecule has 0 saturated heterocycles. The molecule has 2 heterocycles. The van der Waals surface area contributed by atoms with Crippen LogP contribution in [0.5, 0.6) is 0 Å². The Kier molecular flexibility index (Phi) is 3.88. The smallest absolute Gasteiger partial charge is 0.292 e. The molecule has 19 heavy (non-hydrogen) atoms. The van der Waals surface area contributed by atoms with Gasteiger partial charge in [0.1, 0.15) is 4.34 Å². The fourth-order valence-corrected chi connectivity index (χ4v) is 2.87. The molecule has 0 aromatic carbocycles. The van der Waals surface area contributed by atoms with Crippen molar-refractivity contribution in [1.29, 1.82) is 0 Å². The Balaban J connectivity index is 2.34. The molecule has 2 aromatic rings. The Bertz CT molecular complexity index is 765. The van der Waals surface area contributed by atoms with Gasteiger partial charge in [0, 0.05) is 0 Å². The summed E-state index contributed by atoms with van der Waals surface area (Å²) in [5, 5.41) is 0. The third-order valence-electron chi connectivity index (χ3n) is 2.24. The van der Waals surface area contributed by atoms with Gasteiger partial charge >= 0.3 is 5.69 Å². The van der Waals surface area contributed by atoms with Crippen LogP contribution in [-0.2, 0) is 6.54 Å². The average Bonchev–Trinajstić information content (AvgIpc) is 2.65. The number of nitrogens with zero attached hydrogens (tertiary/aromatic N) is 1. The van der Waals surface area contributed by atoms with E-state index in [4.69, 9.17) is 23.2 Å². The molecule has 100 valence electrons. The number of aromatic nitrogens is 2. The van der Waals surface area contributed by atoms with Crippen LogP contribution in [0.25, 0.3) is 0 Å². The molecule has 0 saturated carbocycles. The van der Waals surface area contributed by atoms with Gasteiger partial charge in [0.05, 0.1) is 22.6 Å². The van der Waals surface area contributed by atoms with Crippen molar-refractivity contribution >= 4 is 40.3 Å². The van der Waals surface area contributed by atoms with E-state index in [9.17, 15) is 18.8 Å². The lowest BCUT2D eigenvalue weighted by atomic mass is 10.2. The fraction of sp³-hybridized carbons (Fsp3) is 0.100. The number of carbonyl (C=O) groups excluding carboxylic acids is 1. The Morgan fingerprint density at radius 3 is 2.68 bits per heavy atom. The highest BCUT2D eigenvalue weighted by atomic mass is 35.5. The van der Waals surface area contributed by atoms with Crippen molar-refractivity contribution in [2.45, 2.75) is 6.54 Å². The number of ketones is 1. The number of Topliss-reactive ketones (excluding diaryl/α,β-unsaturated/α-hetero) is 1. The number of aromatic amines is 1. The maximum absolute atomic E-state index is 13.0. The first-order valence-corrected chi connectivity index (χ1v) is 6.43. The summed E-state index contributed by atoms with van der Waals surface area (Å²) in [5.74, 6) is -1.66. The molecule has 0 atom stereocenters. The van der Waals surface area contributed by atoms with Crippen molar-refractivity contribution in [3.8, 4) is 0 Å². The van der Waals surface area contributed by atoms with Crippen molar-refractivity contribution in [3.63, 3.8) is 0 Å². The van der Waals surface area contributed by atoms with Crippen LogP contribution in [-0.4, -0.2) is 15.3 Å². The number of H-pyrrole nitrogens is 1. The molecule has 0 amide bonds. The summed E-state index contributed by atoms with van der Waals surface area (Å²) in [5.41, 5.74) is -1.86. The van der Waals surface area contributed by atoms with Crippen LogP contribution in [0.4, 0.5) is 4.39 Å². The van der Waals surface area contributed by atoms with Gasteiger partial charge in [-0.3, -0.25) is 19.1 Å². The van der Waals surface area contributed by atoms with Gasteiger partial charge in [-0.2, -0.15) is 4.39 Å². The second-order valence-electron chi connectivity index (χ2n) is 3.53. The van der Waals surface area contributed by atoms with Gasteiger partial charge in [-0.05, 0) is 6.07 Å². The second-order valence-corrected chi connectivity index (χ2v) is 5.81. The van der Waals surface area contributed by atoms with E-state index in [0.717, 1.165) is 15.9 Å². The molecule has 0 spiro atoms. The number of thiophene rings is 1. The largest absolute Gasteiger partial charge is 0.328 e. The SMILES string of the molecule is O=C(Cn1cc(F)c(=O)[nH]c1=O)c1cc(Cl)sc1Cl. The van der Waals surface area contributed by atoms with E-state index in [1.807, 2.05) is 0 Å². The molecule has 0 aliphatic heterocycles. The van der Waals surface area contributed by atoms with Crippen LogP contribution in [0.2, 0.25) is 8.67 Å². The molecular weight excluding hydrogens is 318 g/mol. The lowest BCUT2D eigenvalue weighted by Crippen LogP contribution is -2.33. The molecule has 0 fully saturated rings. The summed E-state index contributed by atoms with van der Waals surface area (Å²) in [7, 11) is 0. The number of rotatable bonds is 3. The molecule has 2 rings (SSSR count). The quantitative estimate of drug-likeness (QED) is 0.877. The minimum Gasteiger partial charge on any atom is -0.292 e. The molecular formula is C10H5Cl2FN2O3S. The number of halogens is 3. The minimum atomic E-state index is -1.15. The highest BCUT2D eigenvalue weighted by Gasteiger charge is 2.16. The fourth-order valence-electron chi connectivity index (χ4n) is 1.37. The Hall–Kier alpha value is -1.44. The first-order chi connectivity index (χ1) is 8.88. The lowest BCUT2D eigenvalue weighted by Gasteiger charge is -2.03. The van der Waals surface area contributed by atoms with Crippen molar-refractivity contribution in [1.82, 2.24) is 9.55 Å². The zero-order valence-corrected chi connectivity index (χ0v) is 11.4. The van der Waals surface area contributed by atoms with Crippen molar-refractivity contribution in [2.75, 3.05) is 0 Å². The Labute approximate surface area is 119 Å². The summed E-state index contributed by atoms with van der Waals surface area (Å²) < 4.78 is 14.3. The topological polar surface area (TPSA) is 71.9 Å². The van der Waals surface area contributed by atoms with Gasteiger partial charge in [0.15, 0.2) is 5.78 Å². The standard InChI is InChI=1S/C10H5Cl2FN2O3S/c11-7-1-4(8(12)19-7)6(16)3-15-2-5(13)9(17)14-10(15)18/h1-2H,3H2,(H,14,17,18). The van der Waals surface area contributed by atoms with Crippen molar-refractivity contribution in [2.24, 2.45) is 0 Å². The molecule has 0 aliphatic rings. The monoisotopic (exact) mass is 322 g/mol. The zero-order chi connectivity index (χ0) is 14.2. The van der Waals surface area contributed by atoms with Crippen LogP contribution >= 0.6 is 34.5 Å². The summed E-state index contributed by atoms with van der Waals surface area (Å²) >= 11 is 12.5. The van der Waals surface area contributed by atoms with Crippen molar-refractivity contribution in [3.05, 3.63) is 53.2 Å². The molecule has 0 aliphatic carbocycles. The van der Waals surface area contributed by atoms with Crippen LogP contribution in [0.1, 0.15) is 10.4 Å². The maximum atomic E-state index is 13.0. The molecule has 1 N–H and O–H groups in total. The molecule has 0 unspecified atom stereocenters. The molecule has 0 radical (unpaired) electrons. The summed E-state index contributed by atoms with van der Waals surface area (Å²) in [6.45, 7) is -0.445. The van der Waals surface area contributed by atoms with Gasteiger partial charge < -0.3 is 0 Å². The van der Waals surface area contributed by atoms with E-state index in [2.05, 4.69) is 0 Å². The highest BCUT2D eigenvalue weighted by Crippen LogP contribution is 2.31. The van der Waals surface area contributed by atoms with Crippen LogP contribution in [0.15, 0.2) is 21.9 Å². The maximum Gasteiger partial charge on any atom is 0.328 e. The number of hydrogen-bond donors (Lipinski definition) is 1. The van der Waals surface area contributed by atoms with E-state index in [1.165, 1.54) is 6.07 Å². The van der Waals surface area contributed by atoms with Gasteiger partial charge in [-0.25, -0.2) is 4.79 Å². The average molecular weight is 323 g/mol. The Morgan fingerprint density at radius 1 is 1.42 bits per heavy atom. The van der Waals surface area contributed by atoms with Gasteiger partial charge in [-0.15, -0.1) is 11.3 Å². The number of nitrogens with one attached hydrogen (secondary N) is 1. The summed E-state index contributed by atoms with van der Waals surface area (Å²) in [6, 6.07) is 1.37. The first kappa shape index (κ1) is 14.0. The second kappa shape index (κ2) is 5.28. The van der Waals surface area contributed by atoms with Gasteiger partial charge in [0.2, 0.25) is 5.82 Å². The van der Waals surface area contributed by atoms with Gasteiger partial charge in [0.25, 0.3) is 5.56 Å². The number of hydrogen-bond acceptors (Lipinski definition) is 4. The third kappa shape index (κ3) is 2.94. The Morgan fingerprint density at radius 2 is 2.11 bits per heavy atom. The van der Waals surface area contributed by atoms with E-state index < -0.39 is 29.4 Å². The molecule has 2 aromatic heterocycles. The molecule has 9 heteroatoms. The molecule has 0 bridgehead atoms. The van der Waals surface area contributed by atoms with E-state index in [1.54, 1.807) is 4.98 Å². The van der Waals surface area contributed by atoms with Crippen LogP contribution in [0.3, 0.4) is 0 Å². The van der Waals surface area contributed by atoms with E-state index in [0.29, 0.717) is 10.5 Å². The van der Waals surface area contributed by atoms with E-state index in [-0.39, 0.29) is 9.90 Å². The third-order valence-corrected chi connectivity index (χ3v) is 3.73. The summed E-state index contributed by atoms with van der Waals surface area (Å²) in [6.07, 6.45) is 0.668. The predicted molar refractivity (Wildman–Crippen MR) is 70.0 cm³/mol. The number of carbonyl (C=O) groups is 1. The van der Waals surface area contributed by atoms with Crippen LogP contribution < -0.4 is 11.2 Å².